The molecule has 0 aliphatic heterocycles. The average molecular weight is 474 g/mol. The highest BCUT2D eigenvalue weighted by Crippen LogP contribution is 2.43. The fourth-order valence-electron chi connectivity index (χ4n) is 4.90. The zero-order valence-corrected chi connectivity index (χ0v) is 20.9. The van der Waals surface area contributed by atoms with Crippen LogP contribution in [0.3, 0.4) is 0 Å². The number of aliphatic hydroxyl groups excluding tert-OH is 1. The van der Waals surface area contributed by atoms with E-state index in [1.807, 2.05) is 55.4 Å². The van der Waals surface area contributed by atoms with Crippen LogP contribution in [0.4, 0.5) is 11.8 Å². The highest BCUT2D eigenvalue weighted by Gasteiger charge is 2.38. The second-order valence-electron chi connectivity index (χ2n) is 9.49. The van der Waals surface area contributed by atoms with E-state index in [1.54, 1.807) is 11.3 Å². The second kappa shape index (κ2) is 9.31. The van der Waals surface area contributed by atoms with E-state index in [1.165, 1.54) is 0 Å². The van der Waals surface area contributed by atoms with Crippen LogP contribution < -0.4 is 10.2 Å². The predicted molar refractivity (Wildman–Crippen MR) is 141 cm³/mol. The number of hydrogen-bond acceptors (Lipinski definition) is 7. The summed E-state index contributed by atoms with van der Waals surface area (Å²) in [7, 11) is 3.93. The number of fused-ring (bicyclic) bond motifs is 1. The van der Waals surface area contributed by atoms with Gasteiger partial charge in [-0.2, -0.15) is 4.98 Å². The number of aromatic nitrogens is 3. The number of rotatable bonds is 6. The van der Waals surface area contributed by atoms with E-state index < -0.39 is 0 Å². The topological polar surface area (TPSA) is 74.2 Å². The molecule has 2 aromatic heterocycles. The number of aliphatic hydroxyl groups is 1. The molecule has 0 saturated heterocycles. The van der Waals surface area contributed by atoms with Gasteiger partial charge in [-0.15, -0.1) is 11.3 Å². The molecule has 1 aliphatic rings. The maximum absolute atomic E-state index is 9.89. The summed E-state index contributed by atoms with van der Waals surface area (Å²) in [6.45, 7) is 4.72. The first-order chi connectivity index (χ1) is 16.5. The SMILES string of the molecule is C[C@@H]1[C@@H](CO)C[C@@H](Nc2nc(N(C)C)nc(-c3ccccc3)c2-c2nc3ccccc3s2)[C@@H]1C. The molecule has 5 rings (SSSR count). The molecule has 4 aromatic rings. The fourth-order valence-corrected chi connectivity index (χ4v) is 5.91. The Hall–Kier alpha value is -3.03. The lowest BCUT2D eigenvalue weighted by Gasteiger charge is -2.24. The van der Waals surface area contributed by atoms with Gasteiger partial charge in [0.15, 0.2) is 0 Å². The first-order valence-electron chi connectivity index (χ1n) is 11.8. The van der Waals surface area contributed by atoms with Crippen molar-refractivity contribution in [2.75, 3.05) is 30.9 Å². The molecule has 2 heterocycles. The van der Waals surface area contributed by atoms with Crippen molar-refractivity contribution < 1.29 is 5.11 Å². The standard InChI is InChI=1S/C27H31N5OS/c1-16-17(2)21(14-19(16)15-33)28-25-23(26-29-20-12-8-9-13-22(20)34-26)24(18-10-6-5-7-11-18)30-27(31-25)32(3)4/h5-13,16-17,19,21,33H,14-15H2,1-4H3,(H,28,30,31)/t16-,17+,19+,21+/m0/s1. The Balaban J connectivity index is 1.71. The molecular formula is C27H31N5OS. The predicted octanol–water partition coefficient (Wildman–Crippen LogP) is 5.55. The Labute approximate surface area is 204 Å². The van der Waals surface area contributed by atoms with Crippen LogP contribution in [0, 0.1) is 17.8 Å². The average Bonchev–Trinajstić information content (AvgIpc) is 3.40. The third kappa shape index (κ3) is 4.14. The molecule has 1 aliphatic carbocycles. The monoisotopic (exact) mass is 473 g/mol. The van der Waals surface area contributed by atoms with Crippen molar-refractivity contribution in [3.8, 4) is 21.8 Å². The number of nitrogens with one attached hydrogen (secondary N) is 1. The first kappa shape index (κ1) is 22.7. The van der Waals surface area contributed by atoms with Crippen LogP contribution in [0.15, 0.2) is 54.6 Å². The Kier molecular flexibility index (Phi) is 6.23. The number of hydrogen-bond donors (Lipinski definition) is 2. The molecule has 2 aromatic carbocycles. The summed E-state index contributed by atoms with van der Waals surface area (Å²) in [5.41, 5.74) is 3.82. The highest BCUT2D eigenvalue weighted by atomic mass is 32.1. The molecule has 1 saturated carbocycles. The van der Waals surface area contributed by atoms with Gasteiger partial charge >= 0.3 is 0 Å². The molecule has 7 heteroatoms. The van der Waals surface area contributed by atoms with Crippen molar-refractivity contribution in [3.05, 3.63) is 54.6 Å². The van der Waals surface area contributed by atoms with Crippen molar-refractivity contribution in [3.63, 3.8) is 0 Å². The first-order valence-corrected chi connectivity index (χ1v) is 12.7. The lowest BCUT2D eigenvalue weighted by molar-refractivity contribution is 0.191. The Bertz CT molecular complexity index is 1260. The zero-order chi connectivity index (χ0) is 23.8. The number of nitrogens with zero attached hydrogens (tertiary/aromatic N) is 4. The van der Waals surface area contributed by atoms with Gasteiger partial charge in [0.2, 0.25) is 5.95 Å². The van der Waals surface area contributed by atoms with E-state index in [2.05, 4.69) is 37.4 Å². The summed E-state index contributed by atoms with van der Waals surface area (Å²) in [4.78, 5) is 16.9. The quantitative estimate of drug-likeness (QED) is 0.382. The minimum absolute atomic E-state index is 0.216. The van der Waals surface area contributed by atoms with Crippen LogP contribution in [-0.2, 0) is 0 Å². The zero-order valence-electron chi connectivity index (χ0n) is 20.1. The summed E-state index contributed by atoms with van der Waals surface area (Å²) in [6, 6.07) is 18.7. The summed E-state index contributed by atoms with van der Waals surface area (Å²) in [6.07, 6.45) is 0.917. The molecule has 4 atom stereocenters. The molecule has 0 unspecified atom stereocenters. The van der Waals surface area contributed by atoms with Gasteiger partial charge in [0.1, 0.15) is 10.8 Å². The molecule has 0 radical (unpaired) electrons. The third-order valence-corrected chi connectivity index (χ3v) is 8.23. The molecule has 2 N–H and O–H groups in total. The van der Waals surface area contributed by atoms with Crippen LogP contribution in [0.1, 0.15) is 20.3 Å². The number of benzene rings is 2. The summed E-state index contributed by atoms with van der Waals surface area (Å²) in [5, 5.41) is 14.6. The van der Waals surface area contributed by atoms with E-state index in [9.17, 15) is 5.11 Å². The van der Waals surface area contributed by atoms with E-state index in [0.717, 1.165) is 44.3 Å². The molecule has 6 nitrogen and oxygen atoms in total. The molecule has 1 fully saturated rings. The largest absolute Gasteiger partial charge is 0.396 e. The van der Waals surface area contributed by atoms with Crippen molar-refractivity contribution in [1.82, 2.24) is 15.0 Å². The van der Waals surface area contributed by atoms with Gasteiger partial charge in [-0.25, -0.2) is 9.97 Å². The summed E-state index contributed by atoms with van der Waals surface area (Å²) < 4.78 is 1.14. The maximum atomic E-state index is 9.89. The van der Waals surface area contributed by atoms with Gasteiger partial charge in [0.05, 0.1) is 21.5 Å². The Morgan fingerprint density at radius 2 is 1.71 bits per heavy atom. The number of thiazole rings is 1. The van der Waals surface area contributed by atoms with Crippen LogP contribution in [-0.4, -0.2) is 46.8 Å². The third-order valence-electron chi connectivity index (χ3n) is 7.17. The van der Waals surface area contributed by atoms with Gasteiger partial charge < -0.3 is 15.3 Å². The number of anilines is 2. The fraction of sp³-hybridized carbons (Fsp3) is 0.370. The van der Waals surface area contributed by atoms with Crippen LogP contribution in [0.25, 0.3) is 32.0 Å². The van der Waals surface area contributed by atoms with Gasteiger partial charge in [0.25, 0.3) is 0 Å². The molecular weight excluding hydrogens is 442 g/mol. The summed E-state index contributed by atoms with van der Waals surface area (Å²) >= 11 is 1.67. The van der Waals surface area contributed by atoms with Crippen molar-refractivity contribution in [2.45, 2.75) is 26.3 Å². The van der Waals surface area contributed by atoms with Crippen molar-refractivity contribution in [1.29, 1.82) is 0 Å². The Morgan fingerprint density at radius 1 is 0.971 bits per heavy atom. The smallest absolute Gasteiger partial charge is 0.227 e. The van der Waals surface area contributed by atoms with E-state index in [-0.39, 0.29) is 12.6 Å². The van der Waals surface area contributed by atoms with Gasteiger partial charge in [0, 0.05) is 32.3 Å². The highest BCUT2D eigenvalue weighted by molar-refractivity contribution is 7.21. The van der Waals surface area contributed by atoms with Crippen LogP contribution in [0.5, 0.6) is 0 Å². The summed E-state index contributed by atoms with van der Waals surface area (Å²) in [5.74, 6) is 2.61. The lowest BCUT2D eigenvalue weighted by atomic mass is 9.92. The molecule has 0 bridgehead atoms. The van der Waals surface area contributed by atoms with Crippen molar-refractivity contribution >= 4 is 33.3 Å². The normalized spacial score (nSPS) is 22.3. The van der Waals surface area contributed by atoms with E-state index in [0.29, 0.717) is 23.7 Å². The number of para-hydroxylation sites is 1. The van der Waals surface area contributed by atoms with Gasteiger partial charge in [-0.05, 0) is 36.3 Å². The van der Waals surface area contributed by atoms with E-state index in [4.69, 9.17) is 15.0 Å². The van der Waals surface area contributed by atoms with Crippen LogP contribution in [0.2, 0.25) is 0 Å². The molecule has 0 amide bonds. The van der Waals surface area contributed by atoms with Gasteiger partial charge in [-0.1, -0.05) is 56.3 Å². The van der Waals surface area contributed by atoms with E-state index >= 15 is 0 Å². The second-order valence-corrected chi connectivity index (χ2v) is 10.5. The minimum atomic E-state index is 0.216. The molecule has 34 heavy (non-hydrogen) atoms. The maximum Gasteiger partial charge on any atom is 0.227 e. The molecule has 176 valence electrons. The minimum Gasteiger partial charge on any atom is -0.396 e. The van der Waals surface area contributed by atoms with Crippen molar-refractivity contribution in [2.24, 2.45) is 17.8 Å². The van der Waals surface area contributed by atoms with Crippen LogP contribution >= 0.6 is 11.3 Å². The Morgan fingerprint density at radius 3 is 2.38 bits per heavy atom. The molecule has 0 spiro atoms. The lowest BCUT2D eigenvalue weighted by Crippen LogP contribution is -2.26. The van der Waals surface area contributed by atoms with Gasteiger partial charge in [-0.3, -0.25) is 0 Å².